The van der Waals surface area contributed by atoms with Gasteiger partial charge in [-0.05, 0) is 43.7 Å². The van der Waals surface area contributed by atoms with Crippen LogP contribution in [0.1, 0.15) is 50.1 Å². The summed E-state index contributed by atoms with van der Waals surface area (Å²) >= 11 is 0. The second-order valence-corrected chi connectivity index (χ2v) is 8.20. The molecule has 1 fully saturated rings. The average molecular weight is 419 g/mol. The molecular formula is C24H27FN6. The number of nitrogens with one attached hydrogen (secondary N) is 2. The number of fused-ring (bicyclic) bond motifs is 1. The van der Waals surface area contributed by atoms with Gasteiger partial charge in [0.05, 0.1) is 11.9 Å². The molecule has 2 aromatic heterocycles. The molecular weight excluding hydrogens is 391 g/mol. The van der Waals surface area contributed by atoms with Crippen molar-refractivity contribution in [3.8, 4) is 0 Å². The molecule has 3 aromatic rings. The van der Waals surface area contributed by atoms with Crippen LogP contribution in [0.5, 0.6) is 0 Å². The Bertz CT molecular complexity index is 1110. The second kappa shape index (κ2) is 8.88. The highest BCUT2D eigenvalue weighted by atomic mass is 19.1. The minimum Gasteiger partial charge on any atom is -0.354 e. The monoisotopic (exact) mass is 418 g/mol. The third kappa shape index (κ3) is 4.31. The topological polar surface area (TPSA) is 67.7 Å². The summed E-state index contributed by atoms with van der Waals surface area (Å²) in [5.74, 6) is 1.05. The lowest BCUT2D eigenvalue weighted by Gasteiger charge is -2.18. The van der Waals surface area contributed by atoms with Gasteiger partial charge in [-0.3, -0.25) is 4.57 Å². The van der Waals surface area contributed by atoms with Gasteiger partial charge in [0.2, 0.25) is 11.9 Å². The van der Waals surface area contributed by atoms with Gasteiger partial charge in [0, 0.05) is 12.6 Å². The lowest BCUT2D eigenvalue weighted by atomic mass is 10.1. The molecule has 6 nitrogen and oxygen atoms in total. The highest BCUT2D eigenvalue weighted by Crippen LogP contribution is 2.36. The number of benzene rings is 1. The highest BCUT2D eigenvalue weighted by Gasteiger charge is 2.25. The molecule has 0 amide bonds. The normalized spacial score (nSPS) is 16.9. The van der Waals surface area contributed by atoms with E-state index in [0.717, 1.165) is 43.4 Å². The van der Waals surface area contributed by atoms with Crippen LogP contribution in [-0.2, 0) is 6.42 Å². The molecule has 2 heterocycles. The standard InChI is InChI=1S/C24H27FN6/c25-19-12-6-7-13-20(19)28-24-29-21-16-27-23(26-15-14-17-8-2-1-3-9-17)30-22(21)31(24)18-10-4-5-11-18/h1-3,6,8-9,12,16,18H,4-5,7,10-11,13-15H2,(H,28,29)(H,26,27,30). The maximum absolute atomic E-state index is 14.3. The molecule has 1 saturated carbocycles. The fraction of sp³-hybridized carbons (Fsp3) is 0.375. The second-order valence-electron chi connectivity index (χ2n) is 8.20. The predicted molar refractivity (Wildman–Crippen MR) is 122 cm³/mol. The highest BCUT2D eigenvalue weighted by molar-refractivity contribution is 5.75. The molecule has 0 saturated heterocycles. The first-order valence-electron chi connectivity index (χ1n) is 11.1. The summed E-state index contributed by atoms with van der Waals surface area (Å²) in [6, 6.07) is 10.7. The zero-order valence-electron chi connectivity index (χ0n) is 17.5. The number of aromatic nitrogens is 4. The molecule has 160 valence electrons. The fourth-order valence-corrected chi connectivity index (χ4v) is 4.43. The molecule has 7 heteroatoms. The summed E-state index contributed by atoms with van der Waals surface area (Å²) in [6.07, 6.45) is 12.1. The van der Waals surface area contributed by atoms with Gasteiger partial charge in [-0.2, -0.15) is 4.98 Å². The van der Waals surface area contributed by atoms with Crippen molar-refractivity contribution in [3.63, 3.8) is 0 Å². The quantitative estimate of drug-likeness (QED) is 0.527. The minimum atomic E-state index is -0.217. The van der Waals surface area contributed by atoms with Crippen LogP contribution in [0.4, 0.5) is 16.3 Å². The maximum Gasteiger partial charge on any atom is 0.224 e. The molecule has 5 rings (SSSR count). The number of hydrogen-bond donors (Lipinski definition) is 2. The molecule has 1 aromatic carbocycles. The number of nitrogens with zero attached hydrogens (tertiary/aromatic N) is 4. The van der Waals surface area contributed by atoms with E-state index in [9.17, 15) is 4.39 Å². The smallest absolute Gasteiger partial charge is 0.224 e. The van der Waals surface area contributed by atoms with E-state index < -0.39 is 0 Å². The molecule has 31 heavy (non-hydrogen) atoms. The first-order chi connectivity index (χ1) is 15.3. The summed E-state index contributed by atoms with van der Waals surface area (Å²) in [6.45, 7) is 0.753. The van der Waals surface area contributed by atoms with Crippen LogP contribution in [0.15, 0.2) is 60.2 Å². The maximum atomic E-state index is 14.3. The Morgan fingerprint density at radius 3 is 2.74 bits per heavy atom. The van der Waals surface area contributed by atoms with E-state index in [4.69, 9.17) is 9.97 Å². The number of anilines is 2. The molecule has 0 atom stereocenters. The number of hydrogen-bond acceptors (Lipinski definition) is 5. The van der Waals surface area contributed by atoms with E-state index in [1.165, 1.54) is 24.5 Å². The van der Waals surface area contributed by atoms with Crippen molar-refractivity contribution in [1.82, 2.24) is 19.5 Å². The van der Waals surface area contributed by atoms with E-state index >= 15 is 0 Å². The third-order valence-corrected chi connectivity index (χ3v) is 6.04. The fourth-order valence-electron chi connectivity index (χ4n) is 4.43. The summed E-state index contributed by atoms with van der Waals surface area (Å²) in [5.41, 5.74) is 3.40. The van der Waals surface area contributed by atoms with E-state index in [1.807, 2.05) is 24.3 Å². The number of allylic oxidation sites excluding steroid dienone is 4. The van der Waals surface area contributed by atoms with E-state index in [-0.39, 0.29) is 5.83 Å². The van der Waals surface area contributed by atoms with Crippen LogP contribution in [0, 0.1) is 0 Å². The molecule has 0 radical (unpaired) electrons. The van der Waals surface area contributed by atoms with E-state index in [0.29, 0.717) is 30.1 Å². The van der Waals surface area contributed by atoms with Gasteiger partial charge < -0.3 is 10.6 Å². The van der Waals surface area contributed by atoms with Gasteiger partial charge in [0.1, 0.15) is 11.3 Å². The summed E-state index contributed by atoms with van der Waals surface area (Å²) in [5, 5.41) is 6.61. The van der Waals surface area contributed by atoms with Crippen molar-refractivity contribution in [3.05, 3.63) is 65.8 Å². The molecule has 0 unspecified atom stereocenters. The average Bonchev–Trinajstić information content (AvgIpc) is 3.43. The Labute approximate surface area is 181 Å². The van der Waals surface area contributed by atoms with Crippen molar-refractivity contribution in [2.75, 3.05) is 17.2 Å². The van der Waals surface area contributed by atoms with Crippen LogP contribution in [0.25, 0.3) is 11.2 Å². The minimum absolute atomic E-state index is 0.217. The molecule has 2 aliphatic rings. The number of imidazole rings is 1. The zero-order chi connectivity index (χ0) is 21.0. The van der Waals surface area contributed by atoms with E-state index in [1.54, 1.807) is 6.20 Å². The van der Waals surface area contributed by atoms with Gasteiger partial charge >= 0.3 is 0 Å². The van der Waals surface area contributed by atoms with Crippen molar-refractivity contribution >= 4 is 23.1 Å². The molecule has 0 bridgehead atoms. The lowest BCUT2D eigenvalue weighted by molar-refractivity contribution is 0.533. The van der Waals surface area contributed by atoms with Crippen molar-refractivity contribution in [2.24, 2.45) is 0 Å². The van der Waals surface area contributed by atoms with Gasteiger partial charge in [0.15, 0.2) is 5.65 Å². The molecule has 2 N–H and O–H groups in total. The molecule has 0 aliphatic heterocycles. The molecule has 0 spiro atoms. The summed E-state index contributed by atoms with van der Waals surface area (Å²) < 4.78 is 16.5. The largest absolute Gasteiger partial charge is 0.354 e. The Morgan fingerprint density at radius 1 is 1.10 bits per heavy atom. The first-order valence-corrected chi connectivity index (χ1v) is 11.1. The lowest BCUT2D eigenvalue weighted by Crippen LogP contribution is -2.14. The van der Waals surface area contributed by atoms with Crippen LogP contribution in [0.3, 0.4) is 0 Å². The Hall–Kier alpha value is -3.22. The van der Waals surface area contributed by atoms with Gasteiger partial charge in [0.25, 0.3) is 0 Å². The van der Waals surface area contributed by atoms with Crippen LogP contribution >= 0.6 is 0 Å². The number of halogens is 1. The van der Waals surface area contributed by atoms with Crippen molar-refractivity contribution in [1.29, 1.82) is 0 Å². The Morgan fingerprint density at radius 2 is 1.94 bits per heavy atom. The van der Waals surface area contributed by atoms with Crippen molar-refractivity contribution in [2.45, 2.75) is 51.0 Å². The van der Waals surface area contributed by atoms with Crippen molar-refractivity contribution < 1.29 is 4.39 Å². The van der Waals surface area contributed by atoms with Gasteiger partial charge in [-0.1, -0.05) is 49.2 Å². The van der Waals surface area contributed by atoms with Crippen LogP contribution in [-0.4, -0.2) is 26.1 Å². The Kier molecular flexibility index (Phi) is 5.65. The Balaban J connectivity index is 1.42. The van der Waals surface area contributed by atoms with E-state index in [2.05, 4.69) is 32.3 Å². The van der Waals surface area contributed by atoms with Gasteiger partial charge in [-0.15, -0.1) is 0 Å². The SMILES string of the molecule is FC1=C(Nc2nc3cnc(NCCc4ccccc4)nc3n2C2CCCC2)CCC=C1. The summed E-state index contributed by atoms with van der Waals surface area (Å²) in [7, 11) is 0. The number of rotatable bonds is 7. The zero-order valence-corrected chi connectivity index (χ0v) is 17.5. The summed E-state index contributed by atoms with van der Waals surface area (Å²) in [4.78, 5) is 14.0. The van der Waals surface area contributed by atoms with Gasteiger partial charge in [-0.25, -0.2) is 14.4 Å². The third-order valence-electron chi connectivity index (χ3n) is 6.04. The van der Waals surface area contributed by atoms with Crippen LogP contribution < -0.4 is 10.6 Å². The molecule has 2 aliphatic carbocycles. The predicted octanol–water partition coefficient (Wildman–Crippen LogP) is 5.54. The first kappa shape index (κ1) is 19.7. The van der Waals surface area contributed by atoms with Crippen LogP contribution in [0.2, 0.25) is 0 Å².